The van der Waals surface area contributed by atoms with Crippen LogP contribution in [0.25, 0.3) is 10.4 Å². The van der Waals surface area contributed by atoms with Crippen LogP contribution in [0.3, 0.4) is 0 Å². The van der Waals surface area contributed by atoms with Crippen LogP contribution in [0, 0.1) is 0 Å². The number of hydrogen-bond acceptors (Lipinski definition) is 4. The summed E-state index contributed by atoms with van der Waals surface area (Å²) in [6, 6.07) is 9.07. The van der Waals surface area contributed by atoms with Crippen LogP contribution in [0.1, 0.15) is 12.5 Å². The molecule has 1 N–H and O–H groups in total. The highest BCUT2D eigenvalue weighted by molar-refractivity contribution is 5.13. The van der Waals surface area contributed by atoms with E-state index in [-0.39, 0.29) is 6.10 Å². The SMILES string of the molecule is C[C@H]1OC[C@@H](OCc2ccccc2)[C@@H](O)[C@@H]1N=[N+]=[N-]. The lowest BCUT2D eigenvalue weighted by Crippen LogP contribution is -2.51. The van der Waals surface area contributed by atoms with Gasteiger partial charge in [-0.25, -0.2) is 0 Å². The molecule has 1 heterocycles. The minimum Gasteiger partial charge on any atom is -0.390 e. The molecule has 0 radical (unpaired) electrons. The Hall–Kier alpha value is -1.59. The molecular weight excluding hydrogens is 246 g/mol. The highest BCUT2D eigenvalue weighted by Crippen LogP contribution is 2.21. The fourth-order valence-electron chi connectivity index (χ4n) is 2.09. The van der Waals surface area contributed by atoms with Gasteiger partial charge in [0, 0.05) is 4.91 Å². The Balaban J connectivity index is 1.95. The lowest BCUT2D eigenvalue weighted by Gasteiger charge is -2.36. The minimum atomic E-state index is -0.844. The Morgan fingerprint density at radius 3 is 2.89 bits per heavy atom. The van der Waals surface area contributed by atoms with E-state index < -0.39 is 18.2 Å². The second-order valence-corrected chi connectivity index (χ2v) is 4.56. The molecule has 0 saturated carbocycles. The van der Waals surface area contributed by atoms with Crippen molar-refractivity contribution >= 4 is 0 Å². The number of benzene rings is 1. The van der Waals surface area contributed by atoms with Crippen molar-refractivity contribution in [2.75, 3.05) is 6.61 Å². The summed E-state index contributed by atoms with van der Waals surface area (Å²) in [6.07, 6.45) is -1.63. The first-order valence-electron chi connectivity index (χ1n) is 6.21. The molecule has 6 heteroatoms. The monoisotopic (exact) mass is 263 g/mol. The Morgan fingerprint density at radius 1 is 1.47 bits per heavy atom. The lowest BCUT2D eigenvalue weighted by atomic mass is 9.99. The van der Waals surface area contributed by atoms with Crippen LogP contribution in [-0.4, -0.2) is 36.1 Å². The predicted molar refractivity (Wildman–Crippen MR) is 69.4 cm³/mol. The van der Waals surface area contributed by atoms with E-state index in [4.69, 9.17) is 15.0 Å². The number of hydrogen-bond donors (Lipinski definition) is 1. The third kappa shape index (κ3) is 3.45. The van der Waals surface area contributed by atoms with Crippen LogP contribution in [0.4, 0.5) is 0 Å². The summed E-state index contributed by atoms with van der Waals surface area (Å²) in [6.45, 7) is 2.46. The first kappa shape index (κ1) is 13.8. The van der Waals surface area contributed by atoms with E-state index in [0.29, 0.717) is 13.2 Å². The van der Waals surface area contributed by atoms with E-state index in [1.165, 1.54) is 0 Å². The number of azide groups is 1. The Morgan fingerprint density at radius 2 is 2.21 bits per heavy atom. The molecule has 0 bridgehead atoms. The lowest BCUT2D eigenvalue weighted by molar-refractivity contribution is -0.154. The maximum Gasteiger partial charge on any atom is 0.108 e. The third-order valence-electron chi connectivity index (χ3n) is 3.23. The molecule has 102 valence electrons. The van der Waals surface area contributed by atoms with Crippen molar-refractivity contribution in [1.82, 2.24) is 0 Å². The standard InChI is InChI=1S/C13H17N3O3/c1-9-12(15-16-14)13(17)11(8-18-9)19-7-10-5-3-2-4-6-10/h2-6,9,11-13,17H,7-8H2,1H3/t9-,11-,12-,13-/m1/s1. The number of ether oxygens (including phenoxy) is 2. The van der Waals surface area contributed by atoms with Gasteiger partial charge in [0.25, 0.3) is 0 Å². The zero-order valence-corrected chi connectivity index (χ0v) is 10.7. The van der Waals surface area contributed by atoms with Crippen LogP contribution < -0.4 is 0 Å². The van der Waals surface area contributed by atoms with Gasteiger partial charge in [0.2, 0.25) is 0 Å². The van der Waals surface area contributed by atoms with Gasteiger partial charge >= 0.3 is 0 Å². The average molecular weight is 263 g/mol. The molecule has 0 spiro atoms. The molecular formula is C13H17N3O3. The maximum atomic E-state index is 10.1. The van der Waals surface area contributed by atoms with Gasteiger partial charge in [-0.2, -0.15) is 0 Å². The topological polar surface area (TPSA) is 87.5 Å². The van der Waals surface area contributed by atoms with Crippen molar-refractivity contribution in [1.29, 1.82) is 0 Å². The van der Waals surface area contributed by atoms with E-state index >= 15 is 0 Å². The molecule has 1 saturated heterocycles. The van der Waals surface area contributed by atoms with Gasteiger partial charge in [0.15, 0.2) is 0 Å². The Labute approximate surface area is 111 Å². The van der Waals surface area contributed by atoms with Gasteiger partial charge in [-0.05, 0) is 18.0 Å². The molecule has 1 aliphatic rings. The Kier molecular flexibility index (Phi) is 4.76. The molecule has 1 aromatic rings. The summed E-state index contributed by atoms with van der Waals surface area (Å²) in [5.74, 6) is 0. The van der Waals surface area contributed by atoms with E-state index in [1.807, 2.05) is 30.3 Å². The summed E-state index contributed by atoms with van der Waals surface area (Å²) in [5, 5.41) is 13.7. The third-order valence-corrected chi connectivity index (χ3v) is 3.23. The van der Waals surface area contributed by atoms with Crippen molar-refractivity contribution in [2.45, 2.75) is 37.9 Å². The van der Waals surface area contributed by atoms with E-state index in [2.05, 4.69) is 10.0 Å². The van der Waals surface area contributed by atoms with E-state index in [9.17, 15) is 5.11 Å². The minimum absolute atomic E-state index is 0.298. The maximum absolute atomic E-state index is 10.1. The molecule has 1 fully saturated rings. The van der Waals surface area contributed by atoms with Gasteiger partial charge in [0.05, 0.1) is 31.5 Å². The molecule has 4 atom stereocenters. The number of aliphatic hydroxyl groups excluding tert-OH is 1. The first-order chi connectivity index (χ1) is 9.22. The van der Waals surface area contributed by atoms with Crippen molar-refractivity contribution in [2.24, 2.45) is 5.11 Å². The summed E-state index contributed by atoms with van der Waals surface area (Å²) < 4.78 is 11.1. The molecule has 0 amide bonds. The second kappa shape index (κ2) is 6.54. The van der Waals surface area contributed by atoms with Crippen molar-refractivity contribution in [3.8, 4) is 0 Å². The predicted octanol–water partition coefficient (Wildman–Crippen LogP) is 2.03. The fourth-order valence-corrected chi connectivity index (χ4v) is 2.09. The molecule has 2 rings (SSSR count). The van der Waals surface area contributed by atoms with Gasteiger partial charge in [-0.1, -0.05) is 35.4 Å². The average Bonchev–Trinajstić information content (AvgIpc) is 2.44. The van der Waals surface area contributed by atoms with Crippen LogP contribution >= 0.6 is 0 Å². The van der Waals surface area contributed by atoms with Crippen molar-refractivity contribution < 1.29 is 14.6 Å². The van der Waals surface area contributed by atoms with Gasteiger partial charge in [-0.3, -0.25) is 0 Å². The summed E-state index contributed by atoms with van der Waals surface area (Å²) >= 11 is 0. The van der Waals surface area contributed by atoms with Crippen LogP contribution in [0.2, 0.25) is 0 Å². The smallest absolute Gasteiger partial charge is 0.108 e. The zero-order chi connectivity index (χ0) is 13.7. The van der Waals surface area contributed by atoms with E-state index in [1.54, 1.807) is 6.92 Å². The van der Waals surface area contributed by atoms with Crippen LogP contribution in [0.5, 0.6) is 0 Å². The second-order valence-electron chi connectivity index (χ2n) is 4.56. The van der Waals surface area contributed by atoms with E-state index in [0.717, 1.165) is 5.56 Å². The summed E-state index contributed by atoms with van der Waals surface area (Å²) in [5.41, 5.74) is 9.52. The number of nitrogens with zero attached hydrogens (tertiary/aromatic N) is 3. The summed E-state index contributed by atoms with van der Waals surface area (Å²) in [7, 11) is 0. The zero-order valence-electron chi connectivity index (χ0n) is 10.7. The van der Waals surface area contributed by atoms with Crippen molar-refractivity contribution in [3.63, 3.8) is 0 Å². The fraction of sp³-hybridized carbons (Fsp3) is 0.538. The molecule has 0 aliphatic carbocycles. The van der Waals surface area contributed by atoms with Crippen molar-refractivity contribution in [3.05, 3.63) is 46.3 Å². The normalized spacial score (nSPS) is 30.6. The highest BCUT2D eigenvalue weighted by atomic mass is 16.6. The molecule has 19 heavy (non-hydrogen) atoms. The summed E-state index contributed by atoms with van der Waals surface area (Å²) in [4.78, 5) is 2.74. The van der Waals surface area contributed by atoms with Crippen LogP contribution in [-0.2, 0) is 16.1 Å². The molecule has 1 aromatic carbocycles. The van der Waals surface area contributed by atoms with Crippen LogP contribution in [0.15, 0.2) is 35.4 Å². The Bertz CT molecular complexity index is 448. The quantitative estimate of drug-likeness (QED) is 0.512. The number of aliphatic hydroxyl groups is 1. The first-order valence-corrected chi connectivity index (χ1v) is 6.21. The van der Waals surface area contributed by atoms with Gasteiger partial charge < -0.3 is 14.6 Å². The molecule has 0 unspecified atom stereocenters. The highest BCUT2D eigenvalue weighted by Gasteiger charge is 2.37. The molecule has 1 aliphatic heterocycles. The largest absolute Gasteiger partial charge is 0.390 e. The molecule has 0 aromatic heterocycles. The number of rotatable bonds is 4. The molecule has 6 nitrogen and oxygen atoms in total. The van der Waals surface area contributed by atoms with Gasteiger partial charge in [0.1, 0.15) is 6.10 Å². The van der Waals surface area contributed by atoms with Gasteiger partial charge in [-0.15, -0.1) is 0 Å².